The van der Waals surface area contributed by atoms with Crippen LogP contribution in [0.15, 0.2) is 41.1 Å². The van der Waals surface area contributed by atoms with Crippen LogP contribution in [0.1, 0.15) is 36.1 Å². The monoisotopic (exact) mass is 366 g/mol. The summed E-state index contributed by atoms with van der Waals surface area (Å²) in [4.78, 5) is 4.25. The van der Waals surface area contributed by atoms with Crippen LogP contribution in [0.5, 0.6) is 0 Å². The molecule has 0 bridgehead atoms. The van der Waals surface area contributed by atoms with Gasteiger partial charge in [0.25, 0.3) is 0 Å². The molecule has 1 aromatic heterocycles. The Morgan fingerprint density at radius 2 is 2.10 bits per heavy atom. The highest BCUT2D eigenvalue weighted by molar-refractivity contribution is 9.10. The number of halogens is 2. The molecule has 0 radical (unpaired) electrons. The Morgan fingerprint density at radius 3 is 2.81 bits per heavy atom. The maximum Gasteiger partial charge on any atom is 0.0410 e. The van der Waals surface area contributed by atoms with Gasteiger partial charge in [-0.3, -0.25) is 4.98 Å². The molecule has 0 aliphatic heterocycles. The predicted octanol–water partition coefficient (Wildman–Crippen LogP) is 5.09. The normalized spacial score (nSPS) is 12.4. The van der Waals surface area contributed by atoms with Crippen molar-refractivity contribution in [1.82, 2.24) is 10.3 Å². The average molecular weight is 368 g/mol. The number of rotatable bonds is 6. The second kappa shape index (κ2) is 7.92. The van der Waals surface area contributed by atoms with Crippen molar-refractivity contribution >= 4 is 27.5 Å². The van der Waals surface area contributed by atoms with E-state index < -0.39 is 0 Å². The molecule has 0 amide bonds. The molecule has 2 rings (SSSR count). The molecular weight excluding hydrogens is 348 g/mol. The van der Waals surface area contributed by atoms with Crippen LogP contribution in [0.3, 0.4) is 0 Å². The minimum Gasteiger partial charge on any atom is -0.310 e. The Hall–Kier alpha value is -0.900. The van der Waals surface area contributed by atoms with Crippen LogP contribution in [-0.4, -0.2) is 11.5 Å². The highest BCUT2D eigenvalue weighted by atomic mass is 79.9. The fourth-order valence-electron chi connectivity index (χ4n) is 2.40. The Kier molecular flexibility index (Phi) is 6.22. The van der Waals surface area contributed by atoms with Gasteiger partial charge in [0.15, 0.2) is 0 Å². The van der Waals surface area contributed by atoms with E-state index >= 15 is 0 Å². The minimum absolute atomic E-state index is 0.250. The van der Waals surface area contributed by atoms with Gasteiger partial charge >= 0.3 is 0 Å². The Labute approximate surface area is 140 Å². The molecule has 1 N–H and O–H groups in total. The SMILES string of the molecule is CCCNC(Cc1cncc(Br)c1)c1cc(Cl)ccc1C. The van der Waals surface area contributed by atoms with Gasteiger partial charge in [-0.15, -0.1) is 0 Å². The van der Waals surface area contributed by atoms with Gasteiger partial charge in [0, 0.05) is 27.9 Å². The van der Waals surface area contributed by atoms with Gasteiger partial charge in [-0.2, -0.15) is 0 Å². The number of nitrogens with one attached hydrogen (secondary N) is 1. The van der Waals surface area contributed by atoms with E-state index in [4.69, 9.17) is 11.6 Å². The van der Waals surface area contributed by atoms with Crippen molar-refractivity contribution < 1.29 is 0 Å². The number of hydrogen-bond donors (Lipinski definition) is 1. The summed E-state index contributed by atoms with van der Waals surface area (Å²) < 4.78 is 1.01. The first-order chi connectivity index (χ1) is 10.1. The van der Waals surface area contributed by atoms with E-state index in [-0.39, 0.29) is 6.04 Å². The molecule has 0 spiro atoms. The van der Waals surface area contributed by atoms with E-state index in [1.54, 1.807) is 0 Å². The second-order valence-corrected chi connectivity index (χ2v) is 6.58. The summed E-state index contributed by atoms with van der Waals surface area (Å²) in [5.74, 6) is 0. The minimum atomic E-state index is 0.250. The third kappa shape index (κ3) is 4.80. The Morgan fingerprint density at radius 1 is 1.29 bits per heavy atom. The Balaban J connectivity index is 2.27. The fourth-order valence-corrected chi connectivity index (χ4v) is 2.99. The van der Waals surface area contributed by atoms with Gasteiger partial charge in [0.2, 0.25) is 0 Å². The molecule has 1 atom stereocenters. The molecule has 1 heterocycles. The molecule has 0 aliphatic carbocycles. The maximum absolute atomic E-state index is 6.18. The zero-order valence-electron chi connectivity index (χ0n) is 12.4. The molecule has 112 valence electrons. The van der Waals surface area contributed by atoms with Crippen molar-refractivity contribution in [3.63, 3.8) is 0 Å². The smallest absolute Gasteiger partial charge is 0.0410 e. The zero-order valence-corrected chi connectivity index (χ0v) is 14.7. The molecule has 2 nitrogen and oxygen atoms in total. The van der Waals surface area contributed by atoms with Crippen molar-refractivity contribution in [2.75, 3.05) is 6.54 Å². The van der Waals surface area contributed by atoms with E-state index in [0.717, 1.165) is 28.9 Å². The maximum atomic E-state index is 6.18. The lowest BCUT2D eigenvalue weighted by Crippen LogP contribution is -2.25. The van der Waals surface area contributed by atoms with E-state index in [9.17, 15) is 0 Å². The van der Waals surface area contributed by atoms with Gasteiger partial charge < -0.3 is 5.32 Å². The van der Waals surface area contributed by atoms with E-state index in [1.165, 1.54) is 16.7 Å². The van der Waals surface area contributed by atoms with Crippen molar-refractivity contribution in [2.24, 2.45) is 0 Å². The van der Waals surface area contributed by atoms with Crippen LogP contribution in [0.2, 0.25) is 5.02 Å². The van der Waals surface area contributed by atoms with Crippen molar-refractivity contribution in [2.45, 2.75) is 32.7 Å². The lowest BCUT2D eigenvalue weighted by Gasteiger charge is -2.21. The molecule has 0 saturated heterocycles. The molecule has 1 unspecified atom stereocenters. The highest BCUT2D eigenvalue weighted by Gasteiger charge is 2.15. The van der Waals surface area contributed by atoms with Crippen LogP contribution in [-0.2, 0) is 6.42 Å². The first-order valence-electron chi connectivity index (χ1n) is 7.19. The molecule has 0 fully saturated rings. The van der Waals surface area contributed by atoms with Crippen LogP contribution in [0.25, 0.3) is 0 Å². The summed E-state index contributed by atoms with van der Waals surface area (Å²) in [6, 6.07) is 8.46. The van der Waals surface area contributed by atoms with Crippen LogP contribution in [0.4, 0.5) is 0 Å². The van der Waals surface area contributed by atoms with Gasteiger partial charge in [-0.25, -0.2) is 0 Å². The highest BCUT2D eigenvalue weighted by Crippen LogP contribution is 2.25. The van der Waals surface area contributed by atoms with Crippen molar-refractivity contribution in [3.05, 3.63) is 62.8 Å². The Bertz CT molecular complexity index is 601. The van der Waals surface area contributed by atoms with Crippen LogP contribution >= 0.6 is 27.5 Å². The molecule has 0 aliphatic rings. The summed E-state index contributed by atoms with van der Waals surface area (Å²) in [5, 5.41) is 4.40. The number of hydrogen-bond acceptors (Lipinski definition) is 2. The predicted molar refractivity (Wildman–Crippen MR) is 92.9 cm³/mol. The standard InChI is InChI=1S/C17H20BrClN2/c1-3-6-21-17(8-13-7-14(18)11-20-10-13)16-9-15(19)5-4-12(16)2/h4-5,7,9-11,17,21H,3,6,8H2,1-2H3. The van der Waals surface area contributed by atoms with Gasteiger partial charge in [0.05, 0.1) is 0 Å². The molecule has 1 aromatic carbocycles. The lowest BCUT2D eigenvalue weighted by atomic mass is 9.96. The van der Waals surface area contributed by atoms with E-state index in [2.05, 4.69) is 58.3 Å². The third-order valence-electron chi connectivity index (χ3n) is 3.46. The zero-order chi connectivity index (χ0) is 15.2. The quantitative estimate of drug-likeness (QED) is 0.769. The summed E-state index contributed by atoms with van der Waals surface area (Å²) in [6.45, 7) is 5.29. The molecule has 21 heavy (non-hydrogen) atoms. The number of benzene rings is 1. The number of pyridine rings is 1. The summed E-state index contributed by atoms with van der Waals surface area (Å²) in [7, 11) is 0. The van der Waals surface area contributed by atoms with Gasteiger partial charge in [-0.1, -0.05) is 24.6 Å². The third-order valence-corrected chi connectivity index (χ3v) is 4.13. The summed E-state index contributed by atoms with van der Waals surface area (Å²) in [5.41, 5.74) is 3.73. The van der Waals surface area contributed by atoms with Gasteiger partial charge in [-0.05, 0) is 77.1 Å². The largest absolute Gasteiger partial charge is 0.310 e. The number of aryl methyl sites for hydroxylation is 1. The van der Waals surface area contributed by atoms with Gasteiger partial charge in [0.1, 0.15) is 0 Å². The topological polar surface area (TPSA) is 24.9 Å². The fraction of sp³-hybridized carbons (Fsp3) is 0.353. The van der Waals surface area contributed by atoms with Crippen molar-refractivity contribution in [3.8, 4) is 0 Å². The lowest BCUT2D eigenvalue weighted by molar-refractivity contribution is 0.526. The molecule has 0 saturated carbocycles. The molecular formula is C17H20BrClN2. The summed E-state index contributed by atoms with van der Waals surface area (Å²) >= 11 is 9.66. The summed E-state index contributed by atoms with van der Waals surface area (Å²) in [6.07, 6.45) is 5.73. The number of nitrogens with zero attached hydrogens (tertiary/aromatic N) is 1. The molecule has 4 heteroatoms. The first kappa shape index (κ1) is 16.5. The average Bonchev–Trinajstić information content (AvgIpc) is 2.46. The van der Waals surface area contributed by atoms with E-state index in [1.807, 2.05) is 18.5 Å². The van der Waals surface area contributed by atoms with Crippen LogP contribution in [0, 0.1) is 6.92 Å². The number of aromatic nitrogens is 1. The molecule has 2 aromatic rings. The first-order valence-corrected chi connectivity index (χ1v) is 8.36. The van der Waals surface area contributed by atoms with E-state index in [0.29, 0.717) is 0 Å². The van der Waals surface area contributed by atoms with Crippen LogP contribution < -0.4 is 5.32 Å². The second-order valence-electron chi connectivity index (χ2n) is 5.22. The van der Waals surface area contributed by atoms with Crippen molar-refractivity contribution in [1.29, 1.82) is 0 Å².